The molecule has 0 radical (unpaired) electrons. The van der Waals surface area contributed by atoms with E-state index in [4.69, 9.17) is 0 Å². The van der Waals surface area contributed by atoms with Crippen molar-refractivity contribution >= 4 is 17.6 Å². The Bertz CT molecular complexity index is 832. The Kier molecular flexibility index (Phi) is 6.90. The van der Waals surface area contributed by atoms with Crippen LogP contribution in [-0.4, -0.2) is 35.5 Å². The molecule has 1 heterocycles. The number of rotatable bonds is 7. The van der Waals surface area contributed by atoms with E-state index in [9.17, 15) is 14.4 Å². The zero-order valence-corrected chi connectivity index (χ0v) is 14.9. The molecule has 1 aromatic carbocycles. The van der Waals surface area contributed by atoms with Crippen molar-refractivity contribution in [2.75, 3.05) is 18.9 Å². The molecule has 8 nitrogen and oxygen atoms in total. The Hall–Kier alpha value is -3.16. The maximum Gasteiger partial charge on any atom is 0.319 e. The summed E-state index contributed by atoms with van der Waals surface area (Å²) >= 11 is 0. The monoisotopic (exact) mass is 357 g/mol. The van der Waals surface area contributed by atoms with Crippen molar-refractivity contribution in [1.29, 1.82) is 0 Å². The van der Waals surface area contributed by atoms with Gasteiger partial charge in [0.05, 0.1) is 0 Å². The zero-order chi connectivity index (χ0) is 18.9. The quantitative estimate of drug-likeness (QED) is 0.594. The number of carbonyl (C=O) groups is 2. The number of aromatic nitrogens is 2. The normalized spacial score (nSPS) is 10.2. The molecule has 2 rings (SSSR count). The lowest BCUT2D eigenvalue weighted by atomic mass is 10.1. The highest BCUT2D eigenvalue weighted by molar-refractivity contribution is 5.89. The molecule has 3 amide bonds. The van der Waals surface area contributed by atoms with Gasteiger partial charge in [-0.25, -0.2) is 9.78 Å². The van der Waals surface area contributed by atoms with Crippen molar-refractivity contribution in [3.05, 3.63) is 57.8 Å². The van der Waals surface area contributed by atoms with Gasteiger partial charge >= 0.3 is 6.03 Å². The summed E-state index contributed by atoms with van der Waals surface area (Å²) in [5.74, 6) is 0.523. The average Bonchev–Trinajstić information content (AvgIpc) is 2.59. The minimum atomic E-state index is -0.338. The van der Waals surface area contributed by atoms with E-state index in [1.165, 1.54) is 6.07 Å². The second-order valence-corrected chi connectivity index (χ2v) is 5.83. The smallest absolute Gasteiger partial charge is 0.319 e. The molecule has 0 spiro atoms. The zero-order valence-electron chi connectivity index (χ0n) is 14.9. The van der Waals surface area contributed by atoms with Gasteiger partial charge in [0.1, 0.15) is 5.82 Å². The van der Waals surface area contributed by atoms with E-state index in [1.807, 2.05) is 18.2 Å². The highest BCUT2D eigenvalue weighted by Crippen LogP contribution is 2.12. The van der Waals surface area contributed by atoms with Crippen molar-refractivity contribution in [3.63, 3.8) is 0 Å². The van der Waals surface area contributed by atoms with Crippen LogP contribution in [0.5, 0.6) is 0 Å². The van der Waals surface area contributed by atoms with Crippen LogP contribution in [0, 0.1) is 6.92 Å². The van der Waals surface area contributed by atoms with Gasteiger partial charge in [0, 0.05) is 43.9 Å². The number of hydrogen-bond donors (Lipinski definition) is 4. The van der Waals surface area contributed by atoms with Gasteiger partial charge in [-0.3, -0.25) is 9.59 Å². The summed E-state index contributed by atoms with van der Waals surface area (Å²) in [6, 6.07) is 8.44. The van der Waals surface area contributed by atoms with Crippen LogP contribution >= 0.6 is 0 Å². The molecule has 0 aliphatic rings. The maximum atomic E-state index is 12.0. The number of benzene rings is 1. The summed E-state index contributed by atoms with van der Waals surface area (Å²) in [5, 5.41) is 8.07. The topological polar surface area (TPSA) is 116 Å². The van der Waals surface area contributed by atoms with E-state index in [-0.39, 0.29) is 17.5 Å². The van der Waals surface area contributed by atoms with Crippen LogP contribution in [0.2, 0.25) is 0 Å². The Morgan fingerprint density at radius 3 is 2.73 bits per heavy atom. The van der Waals surface area contributed by atoms with Gasteiger partial charge in [0.2, 0.25) is 5.91 Å². The predicted octanol–water partition coefficient (Wildman–Crippen LogP) is 1.12. The first-order valence-electron chi connectivity index (χ1n) is 8.37. The van der Waals surface area contributed by atoms with Crippen LogP contribution in [0.3, 0.4) is 0 Å². The van der Waals surface area contributed by atoms with Crippen LogP contribution in [0.4, 0.5) is 10.5 Å². The van der Waals surface area contributed by atoms with Crippen molar-refractivity contribution in [3.8, 4) is 0 Å². The maximum absolute atomic E-state index is 12.0. The second-order valence-electron chi connectivity index (χ2n) is 5.83. The summed E-state index contributed by atoms with van der Waals surface area (Å²) in [7, 11) is 1.60. The largest absolute Gasteiger partial charge is 0.359 e. The first-order chi connectivity index (χ1) is 12.5. The third kappa shape index (κ3) is 6.39. The van der Waals surface area contributed by atoms with Gasteiger partial charge in [0.15, 0.2) is 0 Å². The fraction of sp³-hybridized carbons (Fsp3) is 0.333. The summed E-state index contributed by atoms with van der Waals surface area (Å²) in [5.41, 5.74) is 2.05. The van der Waals surface area contributed by atoms with E-state index in [2.05, 4.69) is 25.9 Å². The standard InChI is InChI=1S/C18H23N5O3/c1-12-21-15(11-17(25)22-12)8-9-20-18(26)23-14-5-3-4-13(10-14)6-7-16(24)19-2/h3-5,10-11H,6-9H2,1-2H3,(H,19,24)(H2,20,23,26)(H,21,22,25). The highest BCUT2D eigenvalue weighted by atomic mass is 16.2. The number of anilines is 1. The number of hydrogen-bond acceptors (Lipinski definition) is 4. The lowest BCUT2D eigenvalue weighted by Gasteiger charge is -2.09. The Balaban J connectivity index is 1.81. The van der Waals surface area contributed by atoms with Gasteiger partial charge in [-0.2, -0.15) is 0 Å². The molecule has 138 valence electrons. The molecule has 4 N–H and O–H groups in total. The number of nitrogens with zero attached hydrogens (tertiary/aromatic N) is 1. The summed E-state index contributed by atoms with van der Waals surface area (Å²) in [6.45, 7) is 2.07. The van der Waals surface area contributed by atoms with Crippen LogP contribution in [0.15, 0.2) is 35.1 Å². The molecule has 0 bridgehead atoms. The molecule has 8 heteroatoms. The lowest BCUT2D eigenvalue weighted by molar-refractivity contribution is -0.120. The van der Waals surface area contributed by atoms with Crippen molar-refractivity contribution < 1.29 is 9.59 Å². The molecule has 0 fully saturated rings. The number of H-pyrrole nitrogens is 1. The van der Waals surface area contributed by atoms with E-state index in [0.717, 1.165) is 5.56 Å². The number of aryl methyl sites for hydroxylation is 2. The van der Waals surface area contributed by atoms with E-state index < -0.39 is 0 Å². The van der Waals surface area contributed by atoms with Gasteiger partial charge in [0.25, 0.3) is 5.56 Å². The Morgan fingerprint density at radius 1 is 1.19 bits per heavy atom. The molecule has 0 unspecified atom stereocenters. The molecular formula is C18H23N5O3. The number of nitrogens with one attached hydrogen (secondary N) is 4. The van der Waals surface area contributed by atoms with Crippen molar-refractivity contribution in [2.45, 2.75) is 26.2 Å². The number of urea groups is 1. The fourth-order valence-corrected chi connectivity index (χ4v) is 2.44. The first-order valence-corrected chi connectivity index (χ1v) is 8.37. The van der Waals surface area contributed by atoms with Gasteiger partial charge < -0.3 is 20.9 Å². The Labute approximate surface area is 151 Å². The molecule has 26 heavy (non-hydrogen) atoms. The van der Waals surface area contributed by atoms with Crippen molar-refractivity contribution in [2.24, 2.45) is 0 Å². The van der Waals surface area contributed by atoms with E-state index in [0.29, 0.717) is 43.0 Å². The lowest BCUT2D eigenvalue weighted by Crippen LogP contribution is -2.30. The second kappa shape index (κ2) is 9.36. The molecule has 0 saturated carbocycles. The van der Waals surface area contributed by atoms with Crippen LogP contribution in [0.25, 0.3) is 0 Å². The van der Waals surface area contributed by atoms with E-state index in [1.54, 1.807) is 20.0 Å². The SMILES string of the molecule is CNC(=O)CCc1cccc(NC(=O)NCCc2cc(=O)[nH]c(C)n2)c1. The molecule has 0 atom stereocenters. The van der Waals surface area contributed by atoms with Gasteiger partial charge in [-0.15, -0.1) is 0 Å². The minimum absolute atomic E-state index is 0.0234. The van der Waals surface area contributed by atoms with Crippen LogP contribution in [-0.2, 0) is 17.6 Å². The summed E-state index contributed by atoms with van der Waals surface area (Å²) in [4.78, 5) is 41.5. The summed E-state index contributed by atoms with van der Waals surface area (Å²) in [6.07, 6.45) is 1.46. The number of carbonyl (C=O) groups excluding carboxylic acids is 2. The third-order valence-electron chi connectivity index (χ3n) is 3.68. The predicted molar refractivity (Wildman–Crippen MR) is 99.1 cm³/mol. The summed E-state index contributed by atoms with van der Waals surface area (Å²) < 4.78 is 0. The van der Waals surface area contributed by atoms with Crippen molar-refractivity contribution in [1.82, 2.24) is 20.6 Å². The molecule has 0 saturated heterocycles. The minimum Gasteiger partial charge on any atom is -0.359 e. The molecule has 1 aromatic heterocycles. The number of aromatic amines is 1. The average molecular weight is 357 g/mol. The third-order valence-corrected chi connectivity index (χ3v) is 3.68. The van der Waals surface area contributed by atoms with Gasteiger partial charge in [-0.1, -0.05) is 12.1 Å². The Morgan fingerprint density at radius 2 is 2.00 bits per heavy atom. The molecular weight excluding hydrogens is 334 g/mol. The van der Waals surface area contributed by atoms with Crippen LogP contribution in [0.1, 0.15) is 23.5 Å². The van der Waals surface area contributed by atoms with Gasteiger partial charge in [-0.05, 0) is 31.0 Å². The first kappa shape index (κ1) is 19.2. The number of amides is 3. The molecule has 2 aromatic rings. The highest BCUT2D eigenvalue weighted by Gasteiger charge is 2.05. The fourth-order valence-electron chi connectivity index (χ4n) is 2.44. The van der Waals surface area contributed by atoms with Crippen LogP contribution < -0.4 is 21.5 Å². The van der Waals surface area contributed by atoms with E-state index >= 15 is 0 Å². The molecule has 0 aliphatic carbocycles. The molecule has 0 aliphatic heterocycles.